The highest BCUT2D eigenvalue weighted by Gasteiger charge is 2.27. The molecule has 0 spiro atoms. The van der Waals surface area contributed by atoms with E-state index < -0.39 is 0 Å². The van der Waals surface area contributed by atoms with Crippen molar-refractivity contribution >= 4 is 0 Å². The molecule has 84 valence electrons. The van der Waals surface area contributed by atoms with Crippen LogP contribution >= 0.6 is 0 Å². The summed E-state index contributed by atoms with van der Waals surface area (Å²) in [6.07, 6.45) is 1.09. The molecule has 1 fully saturated rings. The summed E-state index contributed by atoms with van der Waals surface area (Å²) in [4.78, 5) is 2.53. The van der Waals surface area contributed by atoms with Gasteiger partial charge in [0.05, 0.1) is 0 Å². The van der Waals surface area contributed by atoms with Gasteiger partial charge in [0.2, 0.25) is 0 Å². The first-order valence-electron chi connectivity index (χ1n) is 5.59. The third-order valence-electron chi connectivity index (χ3n) is 2.98. The maximum atomic E-state index is 5.84. The topological polar surface area (TPSA) is 58.5 Å². The van der Waals surface area contributed by atoms with E-state index in [-0.39, 0.29) is 0 Å². The van der Waals surface area contributed by atoms with Crippen molar-refractivity contribution in [2.24, 2.45) is 17.5 Å². The molecule has 0 aromatic rings. The van der Waals surface area contributed by atoms with Crippen molar-refractivity contribution in [1.29, 1.82) is 0 Å². The van der Waals surface area contributed by atoms with E-state index in [0.29, 0.717) is 12.0 Å². The van der Waals surface area contributed by atoms with Crippen LogP contribution in [0.15, 0.2) is 0 Å². The SMILES string of the molecule is CC(C)C1CN(N)CCN1CCCN. The lowest BCUT2D eigenvalue weighted by Crippen LogP contribution is -2.57. The van der Waals surface area contributed by atoms with Gasteiger partial charge in [0.15, 0.2) is 0 Å². The highest BCUT2D eigenvalue weighted by atomic mass is 15.4. The predicted molar refractivity (Wildman–Crippen MR) is 59.6 cm³/mol. The van der Waals surface area contributed by atoms with Crippen LogP contribution in [0.3, 0.4) is 0 Å². The van der Waals surface area contributed by atoms with Gasteiger partial charge < -0.3 is 5.73 Å². The molecular formula is C10H24N4. The van der Waals surface area contributed by atoms with Crippen LogP contribution in [0.4, 0.5) is 0 Å². The minimum Gasteiger partial charge on any atom is -0.330 e. The van der Waals surface area contributed by atoms with E-state index >= 15 is 0 Å². The van der Waals surface area contributed by atoms with E-state index in [1.807, 2.05) is 5.01 Å². The van der Waals surface area contributed by atoms with E-state index in [4.69, 9.17) is 11.6 Å². The van der Waals surface area contributed by atoms with Crippen LogP contribution in [0.2, 0.25) is 0 Å². The summed E-state index contributed by atoms with van der Waals surface area (Å²) in [6, 6.07) is 0.597. The molecule has 1 heterocycles. The lowest BCUT2D eigenvalue weighted by molar-refractivity contribution is 0.0496. The molecule has 1 aliphatic rings. The molecule has 0 radical (unpaired) electrons. The molecule has 0 saturated carbocycles. The number of hydrogen-bond acceptors (Lipinski definition) is 4. The Bertz CT molecular complexity index is 158. The Morgan fingerprint density at radius 1 is 1.36 bits per heavy atom. The van der Waals surface area contributed by atoms with Gasteiger partial charge in [-0.25, -0.2) is 5.01 Å². The zero-order valence-electron chi connectivity index (χ0n) is 9.45. The molecule has 0 aromatic carbocycles. The first kappa shape index (κ1) is 11.9. The van der Waals surface area contributed by atoms with Crippen LogP contribution in [0.5, 0.6) is 0 Å². The van der Waals surface area contributed by atoms with Gasteiger partial charge in [-0.3, -0.25) is 10.7 Å². The number of nitrogens with zero attached hydrogens (tertiary/aromatic N) is 2. The molecule has 1 rings (SSSR count). The van der Waals surface area contributed by atoms with Gasteiger partial charge in [0.1, 0.15) is 0 Å². The van der Waals surface area contributed by atoms with Gasteiger partial charge in [0.25, 0.3) is 0 Å². The van der Waals surface area contributed by atoms with Gasteiger partial charge in [-0.1, -0.05) is 13.8 Å². The lowest BCUT2D eigenvalue weighted by Gasteiger charge is -2.41. The second-order valence-corrected chi connectivity index (χ2v) is 4.48. The summed E-state index contributed by atoms with van der Waals surface area (Å²) in [7, 11) is 0. The van der Waals surface area contributed by atoms with E-state index in [2.05, 4.69) is 18.7 Å². The summed E-state index contributed by atoms with van der Waals surface area (Å²) >= 11 is 0. The summed E-state index contributed by atoms with van der Waals surface area (Å²) < 4.78 is 0. The van der Waals surface area contributed by atoms with E-state index in [9.17, 15) is 0 Å². The molecule has 0 aliphatic carbocycles. The molecule has 1 unspecified atom stereocenters. The molecule has 0 amide bonds. The third kappa shape index (κ3) is 3.20. The highest BCUT2D eigenvalue weighted by molar-refractivity contribution is 4.82. The fourth-order valence-electron chi connectivity index (χ4n) is 2.07. The second-order valence-electron chi connectivity index (χ2n) is 4.48. The quantitative estimate of drug-likeness (QED) is 0.620. The van der Waals surface area contributed by atoms with Crippen LogP contribution in [-0.2, 0) is 0 Å². The number of rotatable bonds is 4. The smallest absolute Gasteiger partial charge is 0.0288 e. The molecule has 4 heteroatoms. The maximum Gasteiger partial charge on any atom is 0.0288 e. The normalized spacial score (nSPS) is 25.9. The summed E-state index contributed by atoms with van der Waals surface area (Å²) in [5.41, 5.74) is 5.53. The van der Waals surface area contributed by atoms with Gasteiger partial charge in [-0.05, 0) is 25.4 Å². The molecular weight excluding hydrogens is 176 g/mol. The van der Waals surface area contributed by atoms with Crippen molar-refractivity contribution in [3.8, 4) is 0 Å². The van der Waals surface area contributed by atoms with Crippen LogP contribution in [0.1, 0.15) is 20.3 Å². The fourth-order valence-corrected chi connectivity index (χ4v) is 2.07. The molecule has 1 atom stereocenters. The summed E-state index contributed by atoms with van der Waals surface area (Å²) in [5, 5.41) is 1.93. The van der Waals surface area contributed by atoms with Crippen LogP contribution in [0, 0.1) is 5.92 Å². The maximum absolute atomic E-state index is 5.84. The lowest BCUT2D eigenvalue weighted by atomic mass is 10.00. The highest BCUT2D eigenvalue weighted by Crippen LogP contribution is 2.15. The van der Waals surface area contributed by atoms with Crippen molar-refractivity contribution in [2.75, 3.05) is 32.7 Å². The van der Waals surface area contributed by atoms with Gasteiger partial charge in [-0.15, -0.1) is 0 Å². The van der Waals surface area contributed by atoms with E-state index in [1.54, 1.807) is 0 Å². The van der Waals surface area contributed by atoms with Crippen LogP contribution in [0.25, 0.3) is 0 Å². The molecule has 4 nitrogen and oxygen atoms in total. The zero-order valence-corrected chi connectivity index (χ0v) is 9.45. The fraction of sp³-hybridized carbons (Fsp3) is 1.00. The molecule has 1 aliphatic heterocycles. The number of hydrazine groups is 1. The van der Waals surface area contributed by atoms with Crippen LogP contribution in [-0.4, -0.2) is 48.7 Å². The van der Waals surface area contributed by atoms with Crippen molar-refractivity contribution < 1.29 is 0 Å². The van der Waals surface area contributed by atoms with Gasteiger partial charge in [0, 0.05) is 25.7 Å². The summed E-state index contributed by atoms with van der Waals surface area (Å²) in [5.74, 6) is 6.50. The Morgan fingerprint density at radius 2 is 2.07 bits per heavy atom. The first-order valence-corrected chi connectivity index (χ1v) is 5.59. The van der Waals surface area contributed by atoms with Gasteiger partial charge in [-0.2, -0.15) is 0 Å². The second kappa shape index (κ2) is 5.66. The molecule has 0 bridgehead atoms. The van der Waals surface area contributed by atoms with Crippen molar-refractivity contribution in [3.63, 3.8) is 0 Å². The Kier molecular flexibility index (Phi) is 4.81. The number of piperazine rings is 1. The summed E-state index contributed by atoms with van der Waals surface area (Å²) in [6.45, 7) is 9.48. The number of nitrogens with two attached hydrogens (primary N) is 2. The average Bonchev–Trinajstić information content (AvgIpc) is 2.15. The standard InChI is InChI=1S/C10H24N4/c1-9(2)10-8-14(12)7-6-13(10)5-3-4-11/h9-10H,3-8,11-12H2,1-2H3. The largest absolute Gasteiger partial charge is 0.330 e. The predicted octanol–water partition coefficient (Wildman–Crippen LogP) is -0.149. The molecule has 1 saturated heterocycles. The van der Waals surface area contributed by atoms with E-state index in [0.717, 1.165) is 39.1 Å². The zero-order chi connectivity index (χ0) is 10.6. The molecule has 14 heavy (non-hydrogen) atoms. The van der Waals surface area contributed by atoms with Crippen molar-refractivity contribution in [1.82, 2.24) is 9.91 Å². The molecule has 0 aromatic heterocycles. The third-order valence-corrected chi connectivity index (χ3v) is 2.98. The Morgan fingerprint density at radius 3 is 2.64 bits per heavy atom. The number of hydrogen-bond donors (Lipinski definition) is 2. The van der Waals surface area contributed by atoms with Gasteiger partial charge >= 0.3 is 0 Å². The van der Waals surface area contributed by atoms with Crippen molar-refractivity contribution in [3.05, 3.63) is 0 Å². The first-order chi connectivity index (χ1) is 6.65. The molecule has 4 N–H and O–H groups in total. The Hall–Kier alpha value is -0.160. The Labute approximate surface area is 87.2 Å². The minimum atomic E-state index is 0.597. The monoisotopic (exact) mass is 200 g/mol. The van der Waals surface area contributed by atoms with Crippen LogP contribution < -0.4 is 11.6 Å². The van der Waals surface area contributed by atoms with E-state index in [1.165, 1.54) is 0 Å². The minimum absolute atomic E-state index is 0.597. The van der Waals surface area contributed by atoms with Crippen molar-refractivity contribution in [2.45, 2.75) is 26.3 Å². The Balaban J connectivity index is 2.45. The average molecular weight is 200 g/mol.